The minimum atomic E-state index is -0.302. The number of rotatable bonds is 8. The quantitative estimate of drug-likeness (QED) is 0.578. The van der Waals surface area contributed by atoms with Gasteiger partial charge in [-0.3, -0.25) is 9.59 Å². The Labute approximate surface area is 179 Å². The number of ether oxygens (including phenoxy) is 2. The Morgan fingerprint density at radius 2 is 1.87 bits per heavy atom. The van der Waals surface area contributed by atoms with Crippen LogP contribution < -0.4 is 15.4 Å². The molecule has 3 aromatic rings. The molecule has 1 aromatic heterocycles. The number of nitrogens with one attached hydrogen (secondary N) is 2. The van der Waals surface area contributed by atoms with E-state index in [9.17, 15) is 9.59 Å². The zero-order valence-electron chi connectivity index (χ0n) is 16.9. The summed E-state index contributed by atoms with van der Waals surface area (Å²) in [5.41, 5.74) is 1.45. The topological polar surface area (TPSA) is 103 Å². The first-order chi connectivity index (χ1) is 15.2. The van der Waals surface area contributed by atoms with Crippen LogP contribution in [0.2, 0.25) is 0 Å². The van der Waals surface area contributed by atoms with Gasteiger partial charge in [0.15, 0.2) is 11.5 Å². The normalized spacial score (nSPS) is 15.4. The molecule has 2 heterocycles. The minimum absolute atomic E-state index is 0.0686. The highest BCUT2D eigenvalue weighted by atomic mass is 16.5. The lowest BCUT2D eigenvalue weighted by atomic mass is 10.2. The highest BCUT2D eigenvalue weighted by Crippen LogP contribution is 2.18. The summed E-state index contributed by atoms with van der Waals surface area (Å²) < 4.78 is 16.3. The Morgan fingerprint density at radius 1 is 1.06 bits per heavy atom. The van der Waals surface area contributed by atoms with Crippen LogP contribution >= 0.6 is 0 Å². The monoisotopic (exact) mass is 421 g/mol. The maximum absolute atomic E-state index is 12.2. The van der Waals surface area contributed by atoms with Gasteiger partial charge in [-0.05, 0) is 49.2 Å². The summed E-state index contributed by atoms with van der Waals surface area (Å²) in [5.74, 6) is 0.549. The molecule has 1 aliphatic heterocycles. The Bertz CT molecular complexity index is 1010. The van der Waals surface area contributed by atoms with E-state index in [2.05, 4.69) is 15.8 Å². The van der Waals surface area contributed by atoms with Gasteiger partial charge in [0.05, 0.1) is 6.10 Å². The van der Waals surface area contributed by atoms with Gasteiger partial charge in [-0.15, -0.1) is 0 Å². The van der Waals surface area contributed by atoms with Gasteiger partial charge in [0.2, 0.25) is 0 Å². The number of anilines is 1. The van der Waals surface area contributed by atoms with Crippen molar-refractivity contribution in [2.24, 2.45) is 0 Å². The van der Waals surface area contributed by atoms with Crippen molar-refractivity contribution in [2.45, 2.75) is 25.6 Å². The zero-order chi connectivity index (χ0) is 21.5. The van der Waals surface area contributed by atoms with Crippen molar-refractivity contribution in [3.05, 3.63) is 77.7 Å². The molecule has 1 atom stereocenters. The second-order valence-corrected chi connectivity index (χ2v) is 7.16. The van der Waals surface area contributed by atoms with Crippen molar-refractivity contribution in [3.63, 3.8) is 0 Å². The van der Waals surface area contributed by atoms with Crippen LogP contribution in [0.5, 0.6) is 5.75 Å². The van der Waals surface area contributed by atoms with E-state index in [0.717, 1.165) is 19.4 Å². The fourth-order valence-electron chi connectivity index (χ4n) is 3.17. The number of carbonyl (C=O) groups excluding carboxylic acids is 2. The lowest BCUT2D eigenvalue weighted by Gasteiger charge is -2.09. The van der Waals surface area contributed by atoms with Crippen molar-refractivity contribution < 1.29 is 23.6 Å². The molecule has 0 spiro atoms. The number of benzene rings is 2. The largest absolute Gasteiger partial charge is 0.486 e. The van der Waals surface area contributed by atoms with Crippen LogP contribution in [0.4, 0.5) is 5.69 Å². The molecule has 8 nitrogen and oxygen atoms in total. The molecule has 0 saturated carbocycles. The smallest absolute Gasteiger partial charge is 0.273 e. The molecule has 1 fully saturated rings. The summed E-state index contributed by atoms with van der Waals surface area (Å²) in [6.07, 6.45) is 2.04. The molecule has 4 rings (SSSR count). The van der Waals surface area contributed by atoms with Gasteiger partial charge in [0.25, 0.3) is 11.8 Å². The molecular formula is C23H23N3O5. The van der Waals surface area contributed by atoms with Crippen molar-refractivity contribution in [1.29, 1.82) is 0 Å². The molecule has 0 radical (unpaired) electrons. The minimum Gasteiger partial charge on any atom is -0.486 e. The van der Waals surface area contributed by atoms with E-state index in [0.29, 0.717) is 29.3 Å². The van der Waals surface area contributed by atoms with Crippen molar-refractivity contribution in [1.82, 2.24) is 10.5 Å². The Hall–Kier alpha value is -3.65. The van der Waals surface area contributed by atoms with Gasteiger partial charge in [0.1, 0.15) is 12.4 Å². The number of aromatic nitrogens is 1. The fourth-order valence-corrected chi connectivity index (χ4v) is 3.17. The summed E-state index contributed by atoms with van der Waals surface area (Å²) in [6.45, 7) is 1.33. The standard InChI is InChI=1S/C23H23N3O5/c27-22(16-5-2-1-3-6-16)25-17-8-10-18(11-9-17)30-15-20-13-21(26-31-20)23(28)24-14-19-7-4-12-29-19/h1-3,5-6,8-11,13,19H,4,7,12,14-15H2,(H,24,28)(H,25,27)/t19-/m0/s1. The summed E-state index contributed by atoms with van der Waals surface area (Å²) in [7, 11) is 0. The third-order valence-corrected chi connectivity index (χ3v) is 4.84. The molecule has 31 heavy (non-hydrogen) atoms. The predicted molar refractivity (Wildman–Crippen MR) is 113 cm³/mol. The molecule has 8 heteroatoms. The number of carbonyl (C=O) groups is 2. The molecule has 2 aromatic carbocycles. The van der Waals surface area contributed by atoms with E-state index in [1.807, 2.05) is 18.2 Å². The average molecular weight is 421 g/mol. The fraction of sp³-hybridized carbons (Fsp3) is 0.261. The van der Waals surface area contributed by atoms with E-state index in [-0.39, 0.29) is 30.2 Å². The molecule has 2 N–H and O–H groups in total. The van der Waals surface area contributed by atoms with E-state index in [1.165, 1.54) is 0 Å². The Morgan fingerprint density at radius 3 is 2.61 bits per heavy atom. The first kappa shape index (κ1) is 20.6. The van der Waals surface area contributed by atoms with Crippen molar-refractivity contribution >= 4 is 17.5 Å². The number of hydrogen-bond donors (Lipinski definition) is 2. The van der Waals surface area contributed by atoms with Gasteiger partial charge >= 0.3 is 0 Å². The maximum atomic E-state index is 12.2. The van der Waals surface area contributed by atoms with E-state index in [1.54, 1.807) is 42.5 Å². The summed E-state index contributed by atoms with van der Waals surface area (Å²) in [6, 6.07) is 17.5. The van der Waals surface area contributed by atoms with Crippen LogP contribution in [0.15, 0.2) is 65.2 Å². The van der Waals surface area contributed by atoms with Crippen LogP contribution in [0.25, 0.3) is 0 Å². The first-order valence-electron chi connectivity index (χ1n) is 10.1. The number of nitrogens with zero attached hydrogens (tertiary/aromatic N) is 1. The highest BCUT2D eigenvalue weighted by Gasteiger charge is 2.18. The molecule has 0 unspecified atom stereocenters. The maximum Gasteiger partial charge on any atom is 0.273 e. The van der Waals surface area contributed by atoms with Crippen molar-refractivity contribution in [3.8, 4) is 5.75 Å². The molecule has 0 aliphatic carbocycles. The SMILES string of the molecule is O=C(Nc1ccc(OCc2cc(C(=O)NC[C@@H]3CCCO3)no2)cc1)c1ccccc1. The van der Waals surface area contributed by atoms with Crippen LogP contribution in [0.3, 0.4) is 0 Å². The van der Waals surface area contributed by atoms with Gasteiger partial charge in [-0.25, -0.2) is 0 Å². The Balaban J connectivity index is 1.25. The summed E-state index contributed by atoms with van der Waals surface area (Å²) in [5, 5.41) is 9.42. The zero-order valence-corrected chi connectivity index (χ0v) is 16.9. The lowest BCUT2D eigenvalue weighted by molar-refractivity contribution is 0.0850. The highest BCUT2D eigenvalue weighted by molar-refractivity contribution is 6.04. The molecular weight excluding hydrogens is 398 g/mol. The second-order valence-electron chi connectivity index (χ2n) is 7.16. The summed E-state index contributed by atoms with van der Waals surface area (Å²) in [4.78, 5) is 24.3. The Kier molecular flexibility index (Phi) is 6.59. The number of amides is 2. The first-order valence-corrected chi connectivity index (χ1v) is 10.1. The van der Waals surface area contributed by atoms with Gasteiger partial charge in [0, 0.05) is 30.5 Å². The van der Waals surface area contributed by atoms with Crippen molar-refractivity contribution in [2.75, 3.05) is 18.5 Å². The summed E-state index contributed by atoms with van der Waals surface area (Å²) >= 11 is 0. The second kappa shape index (κ2) is 9.90. The van der Waals surface area contributed by atoms with E-state index in [4.69, 9.17) is 14.0 Å². The molecule has 0 bridgehead atoms. The lowest BCUT2D eigenvalue weighted by Crippen LogP contribution is -2.31. The number of hydrogen-bond acceptors (Lipinski definition) is 6. The van der Waals surface area contributed by atoms with Gasteiger partial charge in [-0.2, -0.15) is 0 Å². The van der Waals surface area contributed by atoms with Crippen LogP contribution in [0, 0.1) is 0 Å². The van der Waals surface area contributed by atoms with E-state index < -0.39 is 0 Å². The molecule has 1 aliphatic rings. The molecule has 1 saturated heterocycles. The third-order valence-electron chi connectivity index (χ3n) is 4.84. The van der Waals surface area contributed by atoms with Crippen LogP contribution in [0.1, 0.15) is 39.4 Å². The third kappa shape index (κ3) is 5.70. The van der Waals surface area contributed by atoms with E-state index >= 15 is 0 Å². The van der Waals surface area contributed by atoms with Crippen LogP contribution in [-0.2, 0) is 11.3 Å². The molecule has 160 valence electrons. The molecule has 2 amide bonds. The van der Waals surface area contributed by atoms with Gasteiger partial charge < -0.3 is 24.6 Å². The van der Waals surface area contributed by atoms with Crippen LogP contribution in [-0.4, -0.2) is 36.2 Å². The average Bonchev–Trinajstić information content (AvgIpc) is 3.50. The predicted octanol–water partition coefficient (Wildman–Crippen LogP) is 3.41. The van der Waals surface area contributed by atoms with Gasteiger partial charge in [-0.1, -0.05) is 23.4 Å².